The van der Waals surface area contributed by atoms with E-state index in [0.717, 1.165) is 16.1 Å². The molecule has 10 heteroatoms. The number of likely N-dealkylation sites (N-methyl/N-ethyl adjacent to an activating group) is 1. The van der Waals surface area contributed by atoms with Crippen molar-refractivity contribution >= 4 is 50.7 Å². The van der Waals surface area contributed by atoms with E-state index >= 15 is 0 Å². The Kier molecular flexibility index (Phi) is 8.95. The highest BCUT2D eigenvalue weighted by Gasteiger charge is 2.30. The highest BCUT2D eigenvalue weighted by atomic mass is 35.5. The van der Waals surface area contributed by atoms with Gasteiger partial charge in [0, 0.05) is 23.6 Å². The monoisotopic (exact) mass is 499 g/mol. The van der Waals surface area contributed by atoms with Crippen molar-refractivity contribution in [1.29, 1.82) is 0 Å². The topological polar surface area (TPSA) is 86.8 Å². The van der Waals surface area contributed by atoms with Crippen LogP contribution in [-0.2, 0) is 32.6 Å². The van der Waals surface area contributed by atoms with Crippen molar-refractivity contribution < 1.29 is 18.0 Å². The highest BCUT2D eigenvalue weighted by molar-refractivity contribution is 7.92. The molecule has 7 nitrogen and oxygen atoms in total. The van der Waals surface area contributed by atoms with Gasteiger partial charge in [-0.05, 0) is 42.7 Å². The lowest BCUT2D eigenvalue weighted by Gasteiger charge is -2.32. The largest absolute Gasteiger partial charge is 0.357 e. The second-order valence-corrected chi connectivity index (χ2v) is 10.0. The Morgan fingerprint density at radius 2 is 1.75 bits per heavy atom. The fourth-order valence-corrected chi connectivity index (χ4v) is 4.62. The third-order valence-electron chi connectivity index (χ3n) is 5.09. The standard InChI is InChI=1S/C22H27Cl2N3O4S/c1-5-16-8-6-7-9-20(16)27(32(4,30)31)14-21(28)26(15(2)22(29)25-3)13-17-10-11-18(23)12-19(17)24/h6-12,15H,5,13-14H2,1-4H3,(H,25,29). The van der Waals surface area contributed by atoms with Crippen LogP contribution in [0.5, 0.6) is 0 Å². The molecule has 1 atom stereocenters. The van der Waals surface area contributed by atoms with Gasteiger partial charge >= 0.3 is 0 Å². The molecule has 0 heterocycles. The van der Waals surface area contributed by atoms with Crippen LogP contribution in [0.4, 0.5) is 5.69 Å². The van der Waals surface area contributed by atoms with Crippen LogP contribution in [0.3, 0.4) is 0 Å². The fourth-order valence-electron chi connectivity index (χ4n) is 3.27. The van der Waals surface area contributed by atoms with Gasteiger partial charge < -0.3 is 10.2 Å². The van der Waals surface area contributed by atoms with Gasteiger partial charge in [0.15, 0.2) is 0 Å². The number of carbonyl (C=O) groups is 2. The van der Waals surface area contributed by atoms with E-state index in [4.69, 9.17) is 23.2 Å². The Morgan fingerprint density at radius 3 is 2.31 bits per heavy atom. The fraction of sp³-hybridized carbons (Fsp3) is 0.364. The Labute approximate surface area is 199 Å². The van der Waals surface area contributed by atoms with Crippen LogP contribution < -0.4 is 9.62 Å². The van der Waals surface area contributed by atoms with Crippen LogP contribution in [0.25, 0.3) is 0 Å². The molecule has 0 saturated carbocycles. The number of nitrogens with one attached hydrogen (secondary N) is 1. The number of para-hydroxylation sites is 1. The van der Waals surface area contributed by atoms with Gasteiger partial charge in [-0.3, -0.25) is 13.9 Å². The summed E-state index contributed by atoms with van der Waals surface area (Å²) in [5, 5.41) is 3.31. The minimum Gasteiger partial charge on any atom is -0.357 e. The number of anilines is 1. The van der Waals surface area contributed by atoms with Crippen LogP contribution in [-0.4, -0.2) is 51.0 Å². The van der Waals surface area contributed by atoms with E-state index in [1.54, 1.807) is 37.3 Å². The predicted molar refractivity (Wildman–Crippen MR) is 129 cm³/mol. The predicted octanol–water partition coefficient (Wildman–Crippen LogP) is 3.49. The van der Waals surface area contributed by atoms with Crippen molar-refractivity contribution in [3.63, 3.8) is 0 Å². The summed E-state index contributed by atoms with van der Waals surface area (Å²) in [5.74, 6) is -0.924. The van der Waals surface area contributed by atoms with E-state index in [2.05, 4.69) is 5.32 Å². The summed E-state index contributed by atoms with van der Waals surface area (Å²) in [4.78, 5) is 27.0. The summed E-state index contributed by atoms with van der Waals surface area (Å²) < 4.78 is 26.3. The molecule has 0 aromatic heterocycles. The Balaban J connectivity index is 2.45. The number of halogens is 2. The number of hydrogen-bond acceptors (Lipinski definition) is 4. The summed E-state index contributed by atoms with van der Waals surface area (Å²) in [7, 11) is -2.31. The molecule has 2 rings (SSSR count). The number of benzene rings is 2. The lowest BCUT2D eigenvalue weighted by molar-refractivity contribution is -0.139. The minimum absolute atomic E-state index is 0.0104. The molecule has 0 saturated heterocycles. The number of amides is 2. The molecule has 0 aliphatic rings. The SMILES string of the molecule is CCc1ccccc1N(CC(=O)N(Cc1ccc(Cl)cc1Cl)C(C)C(=O)NC)S(C)(=O)=O. The van der Waals surface area contributed by atoms with Gasteiger partial charge in [0.1, 0.15) is 12.6 Å². The zero-order valence-electron chi connectivity index (χ0n) is 18.4. The molecule has 1 N–H and O–H groups in total. The number of aryl methyl sites for hydroxylation is 1. The molecule has 32 heavy (non-hydrogen) atoms. The highest BCUT2D eigenvalue weighted by Crippen LogP contribution is 2.26. The Morgan fingerprint density at radius 1 is 1.09 bits per heavy atom. The summed E-state index contributed by atoms with van der Waals surface area (Å²) in [6, 6.07) is 11.0. The lowest BCUT2D eigenvalue weighted by atomic mass is 10.1. The molecule has 0 bridgehead atoms. The zero-order valence-corrected chi connectivity index (χ0v) is 20.8. The molecule has 1 unspecified atom stereocenters. The van der Waals surface area contributed by atoms with E-state index in [9.17, 15) is 18.0 Å². The third kappa shape index (κ3) is 6.37. The van der Waals surface area contributed by atoms with E-state index in [-0.39, 0.29) is 12.5 Å². The van der Waals surface area contributed by atoms with E-state index in [1.807, 2.05) is 19.1 Å². The smallest absolute Gasteiger partial charge is 0.244 e. The zero-order chi connectivity index (χ0) is 24.1. The van der Waals surface area contributed by atoms with Crippen molar-refractivity contribution in [3.05, 3.63) is 63.6 Å². The van der Waals surface area contributed by atoms with Gasteiger partial charge in [0.05, 0.1) is 11.9 Å². The van der Waals surface area contributed by atoms with E-state index in [1.165, 1.54) is 11.9 Å². The molecule has 0 aliphatic carbocycles. The average Bonchev–Trinajstić information content (AvgIpc) is 2.75. The van der Waals surface area contributed by atoms with Gasteiger partial charge in [-0.1, -0.05) is 54.4 Å². The molecule has 0 spiro atoms. The van der Waals surface area contributed by atoms with Crippen LogP contribution >= 0.6 is 23.2 Å². The average molecular weight is 500 g/mol. The third-order valence-corrected chi connectivity index (χ3v) is 6.80. The summed E-state index contributed by atoms with van der Waals surface area (Å²) in [6.07, 6.45) is 1.64. The van der Waals surface area contributed by atoms with Crippen molar-refractivity contribution in [2.45, 2.75) is 32.9 Å². The Hall–Kier alpha value is -2.29. The molecule has 2 aromatic carbocycles. The maximum absolute atomic E-state index is 13.4. The molecule has 2 amide bonds. The number of carbonyl (C=O) groups excluding carboxylic acids is 2. The number of rotatable bonds is 9. The lowest BCUT2D eigenvalue weighted by Crippen LogP contribution is -2.50. The van der Waals surface area contributed by atoms with Crippen molar-refractivity contribution in [1.82, 2.24) is 10.2 Å². The van der Waals surface area contributed by atoms with Gasteiger partial charge in [-0.15, -0.1) is 0 Å². The summed E-state index contributed by atoms with van der Waals surface area (Å²) >= 11 is 12.2. The maximum atomic E-state index is 13.4. The summed E-state index contributed by atoms with van der Waals surface area (Å²) in [5.41, 5.74) is 1.81. The van der Waals surface area contributed by atoms with Crippen molar-refractivity contribution in [2.75, 3.05) is 24.2 Å². The van der Waals surface area contributed by atoms with Gasteiger partial charge in [0.2, 0.25) is 21.8 Å². The van der Waals surface area contributed by atoms with Gasteiger partial charge in [-0.2, -0.15) is 0 Å². The van der Waals surface area contributed by atoms with Gasteiger partial charge in [-0.25, -0.2) is 8.42 Å². The minimum atomic E-state index is -3.78. The van der Waals surface area contributed by atoms with E-state index < -0.39 is 28.5 Å². The first kappa shape index (κ1) is 26.0. The molecule has 174 valence electrons. The quantitative estimate of drug-likeness (QED) is 0.571. The van der Waals surface area contributed by atoms with E-state index in [0.29, 0.717) is 27.7 Å². The first-order chi connectivity index (χ1) is 15.0. The van der Waals surface area contributed by atoms with Crippen LogP contribution in [0, 0.1) is 0 Å². The molecule has 0 radical (unpaired) electrons. The second kappa shape index (κ2) is 11.0. The number of nitrogens with zero attached hydrogens (tertiary/aromatic N) is 2. The number of hydrogen-bond donors (Lipinski definition) is 1. The molecular weight excluding hydrogens is 473 g/mol. The van der Waals surface area contributed by atoms with Crippen LogP contribution in [0.1, 0.15) is 25.0 Å². The molecule has 0 aliphatic heterocycles. The van der Waals surface area contributed by atoms with Gasteiger partial charge in [0.25, 0.3) is 0 Å². The molecule has 0 fully saturated rings. The van der Waals surface area contributed by atoms with Crippen molar-refractivity contribution in [3.8, 4) is 0 Å². The first-order valence-corrected chi connectivity index (χ1v) is 12.6. The Bertz CT molecular complexity index is 1090. The molecule has 2 aromatic rings. The summed E-state index contributed by atoms with van der Waals surface area (Å²) in [6.45, 7) is 3.04. The second-order valence-electron chi connectivity index (χ2n) is 7.30. The normalized spacial score (nSPS) is 12.2. The van der Waals surface area contributed by atoms with Crippen molar-refractivity contribution in [2.24, 2.45) is 0 Å². The maximum Gasteiger partial charge on any atom is 0.244 e. The molecular formula is C22H27Cl2N3O4S. The van der Waals surface area contributed by atoms with Crippen LogP contribution in [0.15, 0.2) is 42.5 Å². The first-order valence-electron chi connectivity index (χ1n) is 10.00. The van der Waals surface area contributed by atoms with Crippen LogP contribution in [0.2, 0.25) is 10.0 Å². The number of sulfonamides is 1.